The molecule has 1 heterocycles. The summed E-state index contributed by atoms with van der Waals surface area (Å²) >= 11 is 0. The van der Waals surface area contributed by atoms with Gasteiger partial charge in [0, 0.05) is 18.3 Å². The van der Waals surface area contributed by atoms with Crippen molar-refractivity contribution in [2.75, 3.05) is 14.1 Å². The molecule has 0 N–H and O–H groups in total. The summed E-state index contributed by atoms with van der Waals surface area (Å²) in [6, 6.07) is 10.8. The molecule has 2 nitrogen and oxygen atoms in total. The molecule has 0 saturated heterocycles. The smallest absolute Gasteiger partial charge is 0.0704 e. The fourth-order valence-corrected chi connectivity index (χ4v) is 2.05. The monoisotopic (exact) mass is 240 g/mol. The van der Waals surface area contributed by atoms with E-state index in [4.69, 9.17) is 0 Å². The maximum Gasteiger partial charge on any atom is 0.0704 e. The minimum Gasteiger partial charge on any atom is -0.305 e. The molecule has 0 unspecified atom stereocenters. The molecule has 18 heavy (non-hydrogen) atoms. The third-order valence-electron chi connectivity index (χ3n) is 2.99. The van der Waals surface area contributed by atoms with Gasteiger partial charge in [-0.1, -0.05) is 23.8 Å². The molecular weight excluding hydrogens is 220 g/mol. The van der Waals surface area contributed by atoms with Crippen molar-refractivity contribution in [2.24, 2.45) is 0 Å². The molecule has 0 bridgehead atoms. The van der Waals surface area contributed by atoms with Crippen molar-refractivity contribution >= 4 is 0 Å². The number of hydrogen-bond acceptors (Lipinski definition) is 2. The van der Waals surface area contributed by atoms with Gasteiger partial charge in [0.1, 0.15) is 0 Å². The van der Waals surface area contributed by atoms with Crippen LogP contribution in [0.25, 0.3) is 11.3 Å². The van der Waals surface area contributed by atoms with Crippen LogP contribution < -0.4 is 0 Å². The van der Waals surface area contributed by atoms with E-state index in [9.17, 15) is 0 Å². The van der Waals surface area contributed by atoms with Crippen molar-refractivity contribution < 1.29 is 0 Å². The normalized spacial score (nSPS) is 10.9. The summed E-state index contributed by atoms with van der Waals surface area (Å²) in [6.45, 7) is 5.17. The summed E-state index contributed by atoms with van der Waals surface area (Å²) in [5.74, 6) is 0. The first-order chi connectivity index (χ1) is 8.56. The van der Waals surface area contributed by atoms with Gasteiger partial charge in [-0.2, -0.15) is 0 Å². The molecular formula is C16H20N2. The molecule has 2 aromatic rings. The van der Waals surface area contributed by atoms with Crippen LogP contribution >= 0.6 is 0 Å². The van der Waals surface area contributed by atoms with Gasteiger partial charge in [-0.25, -0.2) is 0 Å². The van der Waals surface area contributed by atoms with E-state index in [1.807, 2.05) is 6.20 Å². The number of hydrogen-bond donors (Lipinski definition) is 0. The Morgan fingerprint density at radius 2 is 1.83 bits per heavy atom. The van der Waals surface area contributed by atoms with Gasteiger partial charge in [-0.15, -0.1) is 0 Å². The summed E-state index contributed by atoms with van der Waals surface area (Å²) in [4.78, 5) is 6.72. The lowest BCUT2D eigenvalue weighted by Gasteiger charge is -2.10. The van der Waals surface area contributed by atoms with Gasteiger partial charge in [0.2, 0.25) is 0 Å². The van der Waals surface area contributed by atoms with E-state index in [2.05, 4.69) is 68.2 Å². The number of pyridine rings is 1. The Bertz CT molecular complexity index is 527. The van der Waals surface area contributed by atoms with Crippen LogP contribution in [0.15, 0.2) is 36.5 Å². The zero-order valence-corrected chi connectivity index (χ0v) is 11.6. The van der Waals surface area contributed by atoms with Crippen LogP contribution in [0, 0.1) is 13.8 Å². The lowest BCUT2D eigenvalue weighted by atomic mass is 10.0. The Balaban J connectivity index is 2.31. The molecule has 0 saturated carbocycles. The van der Waals surface area contributed by atoms with Gasteiger partial charge >= 0.3 is 0 Å². The molecule has 1 aromatic carbocycles. The Morgan fingerprint density at radius 3 is 2.44 bits per heavy atom. The largest absolute Gasteiger partial charge is 0.305 e. The van der Waals surface area contributed by atoms with Crippen molar-refractivity contribution in [3.63, 3.8) is 0 Å². The summed E-state index contributed by atoms with van der Waals surface area (Å²) in [7, 11) is 4.14. The molecule has 0 spiro atoms. The van der Waals surface area contributed by atoms with Crippen LogP contribution in [-0.4, -0.2) is 24.0 Å². The average Bonchev–Trinajstić information content (AvgIpc) is 2.33. The van der Waals surface area contributed by atoms with Gasteiger partial charge in [-0.05, 0) is 51.2 Å². The Morgan fingerprint density at radius 1 is 1.06 bits per heavy atom. The molecule has 0 aliphatic carbocycles. The second-order valence-corrected chi connectivity index (χ2v) is 5.11. The summed E-state index contributed by atoms with van der Waals surface area (Å²) in [5.41, 5.74) is 6.07. The van der Waals surface area contributed by atoms with Gasteiger partial charge in [0.15, 0.2) is 0 Å². The van der Waals surface area contributed by atoms with Crippen LogP contribution in [0.3, 0.4) is 0 Å². The zero-order chi connectivity index (χ0) is 13.1. The van der Waals surface area contributed by atoms with Gasteiger partial charge in [0.25, 0.3) is 0 Å². The van der Waals surface area contributed by atoms with Crippen molar-refractivity contribution in [3.05, 3.63) is 53.2 Å². The molecule has 2 heteroatoms. The van der Waals surface area contributed by atoms with Gasteiger partial charge < -0.3 is 4.90 Å². The lowest BCUT2D eigenvalue weighted by Crippen LogP contribution is -2.10. The maximum atomic E-state index is 4.58. The van der Waals surface area contributed by atoms with E-state index >= 15 is 0 Å². The Labute approximate surface area is 109 Å². The molecule has 2 rings (SSSR count). The molecule has 1 aromatic heterocycles. The first kappa shape index (κ1) is 12.8. The highest BCUT2D eigenvalue weighted by atomic mass is 15.0. The van der Waals surface area contributed by atoms with Crippen LogP contribution in [-0.2, 0) is 6.54 Å². The van der Waals surface area contributed by atoms with Crippen molar-refractivity contribution in [3.8, 4) is 11.3 Å². The predicted octanol–water partition coefficient (Wildman–Crippen LogP) is 3.43. The van der Waals surface area contributed by atoms with Gasteiger partial charge in [-0.3, -0.25) is 4.98 Å². The minimum atomic E-state index is 0.931. The SMILES string of the molecule is Cc1ccc(C)c(-c2ccc(CN(C)C)cn2)c1. The standard InChI is InChI=1S/C16H20N2/c1-12-5-6-13(2)15(9-12)16-8-7-14(10-17-16)11-18(3)4/h5-10H,11H2,1-4H3. The third-order valence-corrected chi connectivity index (χ3v) is 2.99. The average molecular weight is 240 g/mol. The molecule has 0 atom stereocenters. The molecule has 94 valence electrons. The zero-order valence-electron chi connectivity index (χ0n) is 11.6. The van der Waals surface area contributed by atoms with Crippen LogP contribution in [0.2, 0.25) is 0 Å². The number of nitrogens with zero attached hydrogens (tertiary/aromatic N) is 2. The van der Waals surface area contributed by atoms with Gasteiger partial charge in [0.05, 0.1) is 5.69 Å². The van der Waals surface area contributed by atoms with E-state index in [1.165, 1.54) is 22.3 Å². The second kappa shape index (κ2) is 5.32. The fraction of sp³-hybridized carbons (Fsp3) is 0.312. The van der Waals surface area contributed by atoms with Crippen molar-refractivity contribution in [2.45, 2.75) is 20.4 Å². The first-order valence-electron chi connectivity index (χ1n) is 6.23. The van der Waals surface area contributed by atoms with E-state index in [0.717, 1.165) is 12.2 Å². The fourth-order valence-electron chi connectivity index (χ4n) is 2.05. The quantitative estimate of drug-likeness (QED) is 0.817. The molecule has 0 aliphatic heterocycles. The third kappa shape index (κ3) is 2.96. The van der Waals surface area contributed by atoms with Crippen LogP contribution in [0.5, 0.6) is 0 Å². The summed E-state index contributed by atoms with van der Waals surface area (Å²) < 4.78 is 0. The first-order valence-corrected chi connectivity index (χ1v) is 6.23. The van der Waals surface area contributed by atoms with Crippen LogP contribution in [0.4, 0.5) is 0 Å². The number of aromatic nitrogens is 1. The lowest BCUT2D eigenvalue weighted by molar-refractivity contribution is 0.402. The highest BCUT2D eigenvalue weighted by molar-refractivity contribution is 5.64. The number of benzene rings is 1. The van der Waals surface area contributed by atoms with E-state index in [0.29, 0.717) is 0 Å². The number of rotatable bonds is 3. The Kier molecular flexibility index (Phi) is 3.78. The van der Waals surface area contributed by atoms with Crippen LogP contribution in [0.1, 0.15) is 16.7 Å². The molecule has 0 amide bonds. The van der Waals surface area contributed by atoms with Crippen molar-refractivity contribution in [1.82, 2.24) is 9.88 Å². The second-order valence-electron chi connectivity index (χ2n) is 5.11. The highest BCUT2D eigenvalue weighted by Crippen LogP contribution is 2.22. The minimum absolute atomic E-state index is 0.931. The molecule has 0 aliphatic rings. The van der Waals surface area contributed by atoms with E-state index < -0.39 is 0 Å². The topological polar surface area (TPSA) is 16.1 Å². The highest BCUT2D eigenvalue weighted by Gasteiger charge is 2.04. The van der Waals surface area contributed by atoms with Crippen molar-refractivity contribution in [1.29, 1.82) is 0 Å². The number of aryl methyl sites for hydroxylation is 2. The van der Waals surface area contributed by atoms with E-state index in [1.54, 1.807) is 0 Å². The molecule has 0 radical (unpaired) electrons. The summed E-state index contributed by atoms with van der Waals surface area (Å²) in [5, 5.41) is 0. The Hall–Kier alpha value is -1.67. The summed E-state index contributed by atoms with van der Waals surface area (Å²) in [6.07, 6.45) is 1.97. The maximum absolute atomic E-state index is 4.58. The van der Waals surface area contributed by atoms with E-state index in [-0.39, 0.29) is 0 Å². The molecule has 0 fully saturated rings. The predicted molar refractivity (Wildman–Crippen MR) is 76.5 cm³/mol.